The van der Waals surface area contributed by atoms with Crippen molar-refractivity contribution in [3.63, 3.8) is 0 Å². The van der Waals surface area contributed by atoms with Crippen LogP contribution in [0.4, 0.5) is 0 Å². The van der Waals surface area contributed by atoms with E-state index in [1.54, 1.807) is 0 Å². The second kappa shape index (κ2) is 7.30. The van der Waals surface area contributed by atoms with E-state index in [9.17, 15) is 0 Å². The lowest BCUT2D eigenvalue weighted by molar-refractivity contribution is 0.133. The van der Waals surface area contributed by atoms with Gasteiger partial charge >= 0.3 is 0 Å². The molecule has 0 atom stereocenters. The molecule has 0 aromatic rings. The number of ether oxygens (including phenoxy) is 1. The van der Waals surface area contributed by atoms with E-state index in [0.29, 0.717) is 0 Å². The maximum atomic E-state index is 5.39. The highest BCUT2D eigenvalue weighted by atomic mass is 16.5. The summed E-state index contributed by atoms with van der Waals surface area (Å²) in [5.41, 5.74) is 0.227. The van der Waals surface area contributed by atoms with Crippen LogP contribution in [0.5, 0.6) is 0 Å². The molecule has 0 fully saturated rings. The van der Waals surface area contributed by atoms with Crippen LogP contribution in [0, 0.1) is 0 Å². The molecule has 0 aromatic carbocycles. The molecule has 0 unspecified atom stereocenters. The van der Waals surface area contributed by atoms with Gasteiger partial charge in [0.2, 0.25) is 0 Å². The molecule has 0 rings (SSSR count). The molecular formula is C10H24N2O. The molecule has 3 nitrogen and oxygen atoms in total. The fraction of sp³-hybridized carbons (Fsp3) is 1.00. The molecule has 0 aliphatic rings. The first-order valence-electron chi connectivity index (χ1n) is 5.03. The van der Waals surface area contributed by atoms with E-state index in [-0.39, 0.29) is 5.54 Å². The molecule has 0 aliphatic carbocycles. The number of nitrogens with one attached hydrogen (secondary N) is 2. The summed E-state index contributed by atoms with van der Waals surface area (Å²) in [5, 5.41) is 6.46. The zero-order valence-electron chi connectivity index (χ0n) is 9.44. The number of rotatable bonds is 7. The third-order valence-electron chi connectivity index (χ3n) is 1.62. The Balaban J connectivity index is 3.00. The van der Waals surface area contributed by atoms with Gasteiger partial charge in [-0.15, -0.1) is 0 Å². The van der Waals surface area contributed by atoms with Gasteiger partial charge in [-0.2, -0.15) is 0 Å². The normalized spacial score (nSPS) is 12.0. The predicted octanol–water partition coefficient (Wildman–Crippen LogP) is 1.00. The Morgan fingerprint density at radius 2 is 1.77 bits per heavy atom. The van der Waals surface area contributed by atoms with E-state index in [0.717, 1.165) is 32.7 Å². The molecule has 13 heavy (non-hydrogen) atoms. The monoisotopic (exact) mass is 188 g/mol. The lowest BCUT2D eigenvalue weighted by atomic mass is 10.1. The molecule has 0 saturated carbocycles. The maximum Gasteiger partial charge on any atom is 0.0590 e. The lowest BCUT2D eigenvalue weighted by Gasteiger charge is -2.20. The van der Waals surface area contributed by atoms with E-state index >= 15 is 0 Å². The Bertz CT molecular complexity index is 110. The highest BCUT2D eigenvalue weighted by Gasteiger charge is 2.06. The van der Waals surface area contributed by atoms with Gasteiger partial charge < -0.3 is 15.4 Å². The zero-order chi connectivity index (χ0) is 10.2. The summed E-state index contributed by atoms with van der Waals surface area (Å²) in [4.78, 5) is 0. The fourth-order valence-electron chi connectivity index (χ4n) is 0.914. The van der Waals surface area contributed by atoms with Crippen LogP contribution in [0.2, 0.25) is 0 Å². The van der Waals surface area contributed by atoms with Crippen LogP contribution in [-0.4, -0.2) is 38.9 Å². The minimum atomic E-state index is 0.227. The molecule has 2 N–H and O–H groups in total. The zero-order valence-corrected chi connectivity index (χ0v) is 9.44. The van der Waals surface area contributed by atoms with Gasteiger partial charge in [-0.3, -0.25) is 0 Å². The Morgan fingerprint density at radius 3 is 2.31 bits per heavy atom. The van der Waals surface area contributed by atoms with Crippen molar-refractivity contribution < 1.29 is 4.74 Å². The molecule has 0 bridgehead atoms. The van der Waals surface area contributed by atoms with Gasteiger partial charge in [-0.25, -0.2) is 0 Å². The summed E-state index contributed by atoms with van der Waals surface area (Å²) < 4.78 is 5.39. The van der Waals surface area contributed by atoms with Gasteiger partial charge in [0.05, 0.1) is 6.61 Å². The minimum Gasteiger partial charge on any atom is -0.380 e. The second-order valence-electron chi connectivity index (χ2n) is 4.25. The molecule has 3 heteroatoms. The van der Waals surface area contributed by atoms with Crippen molar-refractivity contribution in [2.24, 2.45) is 0 Å². The molecule has 0 aliphatic heterocycles. The maximum absolute atomic E-state index is 5.39. The number of likely N-dealkylation sites (N-methyl/N-ethyl adjacent to an activating group) is 1. The van der Waals surface area contributed by atoms with Gasteiger partial charge in [-0.1, -0.05) is 0 Å². The van der Waals surface area contributed by atoms with Crippen LogP contribution in [-0.2, 0) is 4.74 Å². The first kappa shape index (κ1) is 12.9. The number of hydrogen-bond acceptors (Lipinski definition) is 3. The van der Waals surface area contributed by atoms with Crippen molar-refractivity contribution in [3.05, 3.63) is 0 Å². The van der Waals surface area contributed by atoms with Gasteiger partial charge in [0, 0.05) is 18.7 Å². The Morgan fingerprint density at radius 1 is 1.08 bits per heavy atom. The summed E-state index contributed by atoms with van der Waals surface area (Å²) in [7, 11) is 1.94. The second-order valence-corrected chi connectivity index (χ2v) is 4.25. The summed E-state index contributed by atoms with van der Waals surface area (Å²) in [6, 6.07) is 0. The van der Waals surface area contributed by atoms with Gasteiger partial charge in [0.1, 0.15) is 0 Å². The fourth-order valence-corrected chi connectivity index (χ4v) is 0.914. The molecule has 0 heterocycles. The van der Waals surface area contributed by atoms with Gasteiger partial charge in [0.25, 0.3) is 0 Å². The molecule has 0 amide bonds. The molecular weight excluding hydrogens is 164 g/mol. The van der Waals surface area contributed by atoms with Crippen molar-refractivity contribution in [1.82, 2.24) is 10.6 Å². The van der Waals surface area contributed by atoms with Crippen molar-refractivity contribution in [2.75, 3.05) is 33.4 Å². The van der Waals surface area contributed by atoms with E-state index in [4.69, 9.17) is 4.74 Å². The molecule has 0 spiro atoms. The summed E-state index contributed by atoms with van der Waals surface area (Å²) in [6.07, 6.45) is 1.08. The first-order chi connectivity index (χ1) is 6.06. The average molecular weight is 188 g/mol. The lowest BCUT2D eigenvalue weighted by Crippen LogP contribution is -2.36. The quantitative estimate of drug-likeness (QED) is 0.585. The van der Waals surface area contributed by atoms with E-state index < -0.39 is 0 Å². The van der Waals surface area contributed by atoms with E-state index in [1.807, 2.05) is 7.05 Å². The predicted molar refractivity (Wildman–Crippen MR) is 57.1 cm³/mol. The Labute approximate surface area is 82.2 Å². The molecule has 0 saturated heterocycles. The standard InChI is InChI=1S/C10H24N2O/c1-10(2,3)12-6-5-8-13-9-7-11-4/h11-12H,5-9H2,1-4H3. The summed E-state index contributed by atoms with van der Waals surface area (Å²) in [5.74, 6) is 0. The third kappa shape index (κ3) is 11.9. The Hall–Kier alpha value is -0.120. The van der Waals surface area contributed by atoms with Crippen molar-refractivity contribution in [1.29, 1.82) is 0 Å². The SMILES string of the molecule is CNCCOCCCNC(C)(C)C. The van der Waals surface area contributed by atoms with Crippen LogP contribution in [0.3, 0.4) is 0 Å². The smallest absolute Gasteiger partial charge is 0.0590 e. The highest BCUT2D eigenvalue weighted by Crippen LogP contribution is 1.97. The highest BCUT2D eigenvalue weighted by molar-refractivity contribution is 4.69. The summed E-state index contributed by atoms with van der Waals surface area (Å²) in [6.45, 7) is 10.2. The minimum absolute atomic E-state index is 0.227. The van der Waals surface area contributed by atoms with Crippen molar-refractivity contribution in [3.8, 4) is 0 Å². The van der Waals surface area contributed by atoms with E-state index in [2.05, 4.69) is 31.4 Å². The van der Waals surface area contributed by atoms with Crippen molar-refractivity contribution >= 4 is 0 Å². The van der Waals surface area contributed by atoms with Crippen LogP contribution >= 0.6 is 0 Å². The average Bonchev–Trinajstić information content (AvgIpc) is 2.01. The van der Waals surface area contributed by atoms with Crippen LogP contribution < -0.4 is 10.6 Å². The molecule has 0 radical (unpaired) electrons. The third-order valence-corrected chi connectivity index (χ3v) is 1.62. The van der Waals surface area contributed by atoms with Crippen LogP contribution in [0.25, 0.3) is 0 Å². The van der Waals surface area contributed by atoms with Crippen LogP contribution in [0.1, 0.15) is 27.2 Å². The largest absolute Gasteiger partial charge is 0.380 e. The number of hydrogen-bond donors (Lipinski definition) is 2. The molecule has 0 aromatic heterocycles. The van der Waals surface area contributed by atoms with Gasteiger partial charge in [0.15, 0.2) is 0 Å². The summed E-state index contributed by atoms with van der Waals surface area (Å²) >= 11 is 0. The topological polar surface area (TPSA) is 33.3 Å². The van der Waals surface area contributed by atoms with Crippen molar-refractivity contribution in [2.45, 2.75) is 32.7 Å². The Kier molecular flexibility index (Phi) is 7.23. The van der Waals surface area contributed by atoms with Crippen LogP contribution in [0.15, 0.2) is 0 Å². The van der Waals surface area contributed by atoms with E-state index in [1.165, 1.54) is 0 Å². The first-order valence-corrected chi connectivity index (χ1v) is 5.03. The molecule has 80 valence electrons. The van der Waals surface area contributed by atoms with Gasteiger partial charge in [-0.05, 0) is 40.8 Å².